The van der Waals surface area contributed by atoms with Crippen LogP contribution in [0.5, 0.6) is 5.88 Å². The summed E-state index contributed by atoms with van der Waals surface area (Å²) in [5.41, 5.74) is 0.623. The van der Waals surface area contributed by atoms with E-state index in [1.807, 2.05) is 12.1 Å². The second kappa shape index (κ2) is 5.54. The molecule has 1 aromatic heterocycles. The summed E-state index contributed by atoms with van der Waals surface area (Å²) in [5.74, 6) is 0.392. The average Bonchev–Trinajstić information content (AvgIpc) is 2.35. The highest BCUT2D eigenvalue weighted by molar-refractivity contribution is 9.10. The van der Waals surface area contributed by atoms with Crippen LogP contribution < -0.4 is 10.3 Å². The lowest BCUT2D eigenvalue weighted by Gasteiger charge is -2.08. The van der Waals surface area contributed by atoms with Crippen molar-refractivity contribution in [3.8, 4) is 5.88 Å². The van der Waals surface area contributed by atoms with Crippen molar-refractivity contribution < 1.29 is 4.74 Å². The molecular weight excluding hydrogens is 320 g/mol. The SMILES string of the molecule is COc1ccc(=O)n(Cc2ccc(Br)cc2Cl)n1. The van der Waals surface area contributed by atoms with Gasteiger partial charge in [0.15, 0.2) is 0 Å². The summed E-state index contributed by atoms with van der Waals surface area (Å²) in [7, 11) is 1.50. The minimum atomic E-state index is -0.199. The molecule has 0 aliphatic carbocycles. The molecule has 0 fully saturated rings. The Bertz CT molecular complexity index is 628. The quantitative estimate of drug-likeness (QED) is 0.869. The van der Waals surface area contributed by atoms with E-state index in [-0.39, 0.29) is 5.56 Å². The van der Waals surface area contributed by atoms with Crippen molar-refractivity contribution in [3.05, 3.63) is 55.7 Å². The molecule has 0 saturated carbocycles. The van der Waals surface area contributed by atoms with Gasteiger partial charge in [-0.2, -0.15) is 0 Å². The molecule has 0 bridgehead atoms. The fourth-order valence-electron chi connectivity index (χ4n) is 1.46. The van der Waals surface area contributed by atoms with Gasteiger partial charge < -0.3 is 4.74 Å². The van der Waals surface area contributed by atoms with Gasteiger partial charge in [0.2, 0.25) is 5.88 Å². The zero-order chi connectivity index (χ0) is 13.1. The van der Waals surface area contributed by atoms with Crippen molar-refractivity contribution in [2.24, 2.45) is 0 Å². The summed E-state index contributed by atoms with van der Waals surface area (Å²) in [6.07, 6.45) is 0. The Hall–Kier alpha value is -1.33. The third-order valence-electron chi connectivity index (χ3n) is 2.39. The summed E-state index contributed by atoms with van der Waals surface area (Å²) in [5, 5.41) is 4.65. The topological polar surface area (TPSA) is 44.1 Å². The van der Waals surface area contributed by atoms with Crippen LogP contribution in [-0.2, 0) is 6.54 Å². The molecule has 0 N–H and O–H groups in total. The Morgan fingerprint density at radius 3 is 2.83 bits per heavy atom. The molecule has 1 heterocycles. The van der Waals surface area contributed by atoms with E-state index in [0.717, 1.165) is 10.0 Å². The molecule has 0 unspecified atom stereocenters. The molecule has 94 valence electrons. The summed E-state index contributed by atoms with van der Waals surface area (Å²) in [6.45, 7) is 0.308. The molecule has 6 heteroatoms. The Balaban J connectivity index is 2.36. The summed E-state index contributed by atoms with van der Waals surface area (Å²) in [6, 6.07) is 8.44. The van der Waals surface area contributed by atoms with Crippen molar-refractivity contribution in [2.45, 2.75) is 6.54 Å². The van der Waals surface area contributed by atoms with E-state index in [4.69, 9.17) is 16.3 Å². The van der Waals surface area contributed by atoms with Crippen molar-refractivity contribution in [3.63, 3.8) is 0 Å². The summed E-state index contributed by atoms with van der Waals surface area (Å²) in [4.78, 5) is 11.7. The van der Waals surface area contributed by atoms with Crippen LogP contribution in [0.4, 0.5) is 0 Å². The molecule has 2 aromatic rings. The fraction of sp³-hybridized carbons (Fsp3) is 0.167. The highest BCUT2D eigenvalue weighted by Crippen LogP contribution is 2.21. The van der Waals surface area contributed by atoms with Crippen molar-refractivity contribution in [1.82, 2.24) is 9.78 Å². The van der Waals surface area contributed by atoms with E-state index in [9.17, 15) is 4.79 Å². The number of methoxy groups -OCH3 is 1. The minimum Gasteiger partial charge on any atom is -0.480 e. The first-order chi connectivity index (χ1) is 8.60. The van der Waals surface area contributed by atoms with E-state index < -0.39 is 0 Å². The van der Waals surface area contributed by atoms with Gasteiger partial charge in [0.1, 0.15) is 0 Å². The second-order valence-corrected chi connectivity index (χ2v) is 4.93. The van der Waals surface area contributed by atoms with Gasteiger partial charge in [-0.05, 0) is 17.7 Å². The second-order valence-electron chi connectivity index (χ2n) is 3.61. The first kappa shape index (κ1) is 13.1. The van der Waals surface area contributed by atoms with Gasteiger partial charge in [-0.25, -0.2) is 4.68 Å². The molecule has 0 radical (unpaired) electrons. The van der Waals surface area contributed by atoms with Crippen LogP contribution in [0.2, 0.25) is 5.02 Å². The van der Waals surface area contributed by atoms with Crippen molar-refractivity contribution in [2.75, 3.05) is 7.11 Å². The molecule has 0 spiro atoms. The lowest BCUT2D eigenvalue weighted by atomic mass is 10.2. The van der Waals surface area contributed by atoms with Gasteiger partial charge in [0.25, 0.3) is 5.56 Å². The monoisotopic (exact) mass is 328 g/mol. The van der Waals surface area contributed by atoms with Gasteiger partial charge in [0, 0.05) is 21.6 Å². The Labute approximate surface area is 117 Å². The highest BCUT2D eigenvalue weighted by atomic mass is 79.9. The first-order valence-corrected chi connectivity index (χ1v) is 6.33. The number of hydrogen-bond donors (Lipinski definition) is 0. The van der Waals surface area contributed by atoms with Crippen LogP contribution >= 0.6 is 27.5 Å². The van der Waals surface area contributed by atoms with E-state index >= 15 is 0 Å². The maximum atomic E-state index is 11.7. The molecule has 0 aliphatic rings. The van der Waals surface area contributed by atoms with Crippen LogP contribution in [0.15, 0.2) is 39.6 Å². The van der Waals surface area contributed by atoms with E-state index in [1.165, 1.54) is 23.9 Å². The molecule has 0 saturated heterocycles. The van der Waals surface area contributed by atoms with Crippen molar-refractivity contribution >= 4 is 27.5 Å². The number of benzene rings is 1. The number of ether oxygens (including phenoxy) is 1. The highest BCUT2D eigenvalue weighted by Gasteiger charge is 2.05. The summed E-state index contributed by atoms with van der Waals surface area (Å²) >= 11 is 9.43. The van der Waals surface area contributed by atoms with Crippen LogP contribution in [0.25, 0.3) is 0 Å². The smallest absolute Gasteiger partial charge is 0.267 e. The van der Waals surface area contributed by atoms with Gasteiger partial charge in [0.05, 0.1) is 13.7 Å². The first-order valence-electron chi connectivity index (χ1n) is 5.16. The molecular formula is C12H10BrClN2O2. The number of nitrogens with zero attached hydrogens (tertiary/aromatic N) is 2. The third kappa shape index (κ3) is 2.91. The Kier molecular flexibility index (Phi) is 4.04. The fourth-order valence-corrected chi connectivity index (χ4v) is 2.20. The predicted molar refractivity (Wildman–Crippen MR) is 73.3 cm³/mol. The molecule has 2 rings (SSSR count). The van der Waals surface area contributed by atoms with Crippen LogP contribution in [0.3, 0.4) is 0 Å². The van der Waals surface area contributed by atoms with E-state index in [2.05, 4.69) is 21.0 Å². The zero-order valence-electron chi connectivity index (χ0n) is 9.56. The standard InChI is InChI=1S/C12H10BrClN2O2/c1-18-11-4-5-12(17)16(15-11)7-8-2-3-9(13)6-10(8)14/h2-6H,7H2,1H3. The number of halogens is 2. The lowest BCUT2D eigenvalue weighted by molar-refractivity contribution is 0.379. The Morgan fingerprint density at radius 1 is 1.39 bits per heavy atom. The number of hydrogen-bond acceptors (Lipinski definition) is 3. The summed E-state index contributed by atoms with van der Waals surface area (Å²) < 4.78 is 7.19. The number of aromatic nitrogens is 2. The van der Waals surface area contributed by atoms with Crippen LogP contribution in [-0.4, -0.2) is 16.9 Å². The Morgan fingerprint density at radius 2 is 2.17 bits per heavy atom. The minimum absolute atomic E-state index is 0.199. The molecule has 4 nitrogen and oxygen atoms in total. The van der Waals surface area contributed by atoms with Crippen LogP contribution in [0.1, 0.15) is 5.56 Å². The zero-order valence-corrected chi connectivity index (χ0v) is 11.9. The lowest BCUT2D eigenvalue weighted by Crippen LogP contribution is -2.22. The molecule has 1 aromatic carbocycles. The predicted octanol–water partition coefficient (Wildman–Crippen LogP) is 2.72. The maximum Gasteiger partial charge on any atom is 0.267 e. The van der Waals surface area contributed by atoms with E-state index in [0.29, 0.717) is 17.4 Å². The molecule has 0 amide bonds. The number of rotatable bonds is 3. The van der Waals surface area contributed by atoms with E-state index in [1.54, 1.807) is 6.07 Å². The van der Waals surface area contributed by atoms with Gasteiger partial charge in [-0.15, -0.1) is 5.10 Å². The van der Waals surface area contributed by atoms with Crippen molar-refractivity contribution in [1.29, 1.82) is 0 Å². The van der Waals surface area contributed by atoms with Crippen LogP contribution in [0, 0.1) is 0 Å². The molecule has 18 heavy (non-hydrogen) atoms. The molecule has 0 aliphatic heterocycles. The third-order valence-corrected chi connectivity index (χ3v) is 3.23. The van der Waals surface area contributed by atoms with Gasteiger partial charge >= 0.3 is 0 Å². The maximum absolute atomic E-state index is 11.7. The van der Waals surface area contributed by atoms with Gasteiger partial charge in [-0.1, -0.05) is 33.6 Å². The normalized spacial score (nSPS) is 10.4. The molecule has 0 atom stereocenters. The largest absolute Gasteiger partial charge is 0.480 e. The average molecular weight is 330 g/mol. The van der Waals surface area contributed by atoms with Gasteiger partial charge in [-0.3, -0.25) is 4.79 Å².